The van der Waals surface area contributed by atoms with Gasteiger partial charge in [0.15, 0.2) is 0 Å². The number of hydrogen-bond acceptors (Lipinski definition) is 6. The highest BCUT2D eigenvalue weighted by molar-refractivity contribution is 8.04. The predicted molar refractivity (Wildman–Crippen MR) is 83.8 cm³/mol. The van der Waals surface area contributed by atoms with Gasteiger partial charge in [0.05, 0.1) is 29.0 Å². The minimum Gasteiger partial charge on any atom is -0.466 e. The number of pyridine rings is 1. The fourth-order valence-electron chi connectivity index (χ4n) is 1.76. The van der Waals surface area contributed by atoms with E-state index in [0.29, 0.717) is 17.3 Å². The number of carbonyl (C=O) groups excluding carboxylic acids is 2. The van der Waals surface area contributed by atoms with Crippen LogP contribution in [0.2, 0.25) is 0 Å². The van der Waals surface area contributed by atoms with E-state index in [9.17, 15) is 9.59 Å². The van der Waals surface area contributed by atoms with Gasteiger partial charge in [-0.25, -0.2) is 9.78 Å². The first-order valence-corrected chi connectivity index (χ1v) is 8.44. The Morgan fingerprint density at radius 2 is 2.43 bits per heavy atom. The minimum atomic E-state index is -0.430. The van der Waals surface area contributed by atoms with Gasteiger partial charge in [-0.05, 0) is 18.6 Å². The molecule has 2 heterocycles. The number of aromatic nitrogens is 1. The zero-order chi connectivity index (χ0) is 15.1. The number of carbonyl (C=O) groups is 2. The van der Waals surface area contributed by atoms with E-state index >= 15 is 0 Å². The molecule has 0 aliphatic carbocycles. The standard InChI is InChI=1S/C14H16N2O3S2/c1-19-14(18)9-13-16(12(17)10-21-13)7-4-8-20-11-5-2-3-6-15-11/h2-3,5-6,9H,4,7-8,10H2,1H3/b13-9+. The Hall–Kier alpha value is -1.47. The number of hydrogen-bond donors (Lipinski definition) is 0. The topological polar surface area (TPSA) is 59.5 Å². The monoisotopic (exact) mass is 324 g/mol. The third-order valence-electron chi connectivity index (χ3n) is 2.77. The lowest BCUT2D eigenvalue weighted by molar-refractivity contribution is -0.134. The molecule has 1 aromatic rings. The smallest absolute Gasteiger partial charge is 0.333 e. The predicted octanol–water partition coefficient (Wildman–Crippen LogP) is 2.15. The molecule has 1 aliphatic rings. The molecule has 1 saturated heterocycles. The Morgan fingerprint density at radius 1 is 1.57 bits per heavy atom. The molecule has 0 saturated carbocycles. The second-order valence-corrected chi connectivity index (χ2v) is 6.32. The molecule has 0 unspecified atom stereocenters. The number of nitrogens with zero attached hydrogens (tertiary/aromatic N) is 2. The van der Waals surface area contributed by atoms with Gasteiger partial charge in [0.1, 0.15) is 0 Å². The average molecular weight is 324 g/mol. The quantitative estimate of drug-likeness (QED) is 0.346. The fraction of sp³-hybridized carbons (Fsp3) is 0.357. The van der Waals surface area contributed by atoms with E-state index in [1.165, 1.54) is 24.9 Å². The second-order valence-electron chi connectivity index (χ2n) is 4.21. The van der Waals surface area contributed by atoms with Crippen molar-refractivity contribution in [3.63, 3.8) is 0 Å². The van der Waals surface area contributed by atoms with Crippen LogP contribution < -0.4 is 0 Å². The molecule has 7 heteroatoms. The Kier molecular flexibility index (Phi) is 6.13. The van der Waals surface area contributed by atoms with Crippen molar-refractivity contribution >= 4 is 35.4 Å². The van der Waals surface area contributed by atoms with Crippen molar-refractivity contribution in [2.45, 2.75) is 11.4 Å². The zero-order valence-electron chi connectivity index (χ0n) is 11.7. The van der Waals surface area contributed by atoms with Gasteiger partial charge in [-0.2, -0.15) is 0 Å². The summed E-state index contributed by atoms with van der Waals surface area (Å²) in [6.07, 6.45) is 3.98. The van der Waals surface area contributed by atoms with Crippen LogP contribution >= 0.6 is 23.5 Å². The van der Waals surface area contributed by atoms with Crippen molar-refractivity contribution in [3.8, 4) is 0 Å². The Morgan fingerprint density at radius 3 is 3.14 bits per heavy atom. The summed E-state index contributed by atoms with van der Waals surface area (Å²) in [7, 11) is 1.33. The summed E-state index contributed by atoms with van der Waals surface area (Å²) >= 11 is 3.03. The van der Waals surface area contributed by atoms with Crippen LogP contribution in [-0.4, -0.2) is 46.9 Å². The van der Waals surface area contributed by atoms with E-state index in [1.807, 2.05) is 18.2 Å². The summed E-state index contributed by atoms with van der Waals surface area (Å²) in [6, 6.07) is 5.80. The van der Waals surface area contributed by atoms with Crippen LogP contribution in [0.4, 0.5) is 0 Å². The molecule has 0 radical (unpaired) electrons. The van der Waals surface area contributed by atoms with E-state index in [0.717, 1.165) is 17.2 Å². The van der Waals surface area contributed by atoms with Gasteiger partial charge >= 0.3 is 5.97 Å². The molecule has 1 aliphatic heterocycles. The van der Waals surface area contributed by atoms with Crippen LogP contribution in [0.25, 0.3) is 0 Å². The first-order chi connectivity index (χ1) is 10.2. The maximum absolute atomic E-state index is 11.8. The molecule has 112 valence electrons. The second kappa shape index (κ2) is 8.09. The van der Waals surface area contributed by atoms with Crippen LogP contribution in [0.1, 0.15) is 6.42 Å². The summed E-state index contributed by atoms with van der Waals surface area (Å²) in [4.78, 5) is 29.0. The Balaban J connectivity index is 1.82. The van der Waals surface area contributed by atoms with Crippen LogP contribution in [0, 0.1) is 0 Å². The maximum Gasteiger partial charge on any atom is 0.333 e. The number of esters is 1. The van der Waals surface area contributed by atoms with Gasteiger partial charge in [0.25, 0.3) is 0 Å². The highest BCUT2D eigenvalue weighted by Crippen LogP contribution is 2.29. The molecule has 1 amide bonds. The largest absolute Gasteiger partial charge is 0.466 e. The molecule has 0 atom stereocenters. The maximum atomic E-state index is 11.8. The Labute approximate surface area is 132 Å². The van der Waals surface area contributed by atoms with E-state index in [4.69, 9.17) is 0 Å². The number of methoxy groups -OCH3 is 1. The first kappa shape index (κ1) is 15.9. The van der Waals surface area contributed by atoms with Gasteiger partial charge in [0.2, 0.25) is 5.91 Å². The fourth-order valence-corrected chi connectivity index (χ4v) is 3.51. The van der Waals surface area contributed by atoms with Gasteiger partial charge in [0, 0.05) is 18.5 Å². The minimum absolute atomic E-state index is 0.0398. The average Bonchev–Trinajstić information content (AvgIpc) is 2.85. The van der Waals surface area contributed by atoms with Crippen molar-refractivity contribution in [1.29, 1.82) is 0 Å². The summed E-state index contributed by atoms with van der Waals surface area (Å²) in [5.74, 6) is 0.866. The third kappa shape index (κ3) is 4.78. The SMILES string of the molecule is COC(=O)/C=C1/SCC(=O)N1CCCSc1ccccn1. The molecule has 1 fully saturated rings. The number of thioether (sulfide) groups is 2. The molecular formula is C14H16N2O3S2. The van der Waals surface area contributed by atoms with Gasteiger partial charge in [-0.1, -0.05) is 17.8 Å². The van der Waals surface area contributed by atoms with Crippen LogP contribution in [0.15, 0.2) is 40.5 Å². The molecule has 0 bridgehead atoms. The lowest BCUT2D eigenvalue weighted by Gasteiger charge is -2.16. The number of amides is 1. The normalized spacial score (nSPS) is 16.5. The number of rotatable bonds is 6. The van der Waals surface area contributed by atoms with Crippen LogP contribution in [-0.2, 0) is 14.3 Å². The van der Waals surface area contributed by atoms with E-state index < -0.39 is 5.97 Å². The first-order valence-electron chi connectivity index (χ1n) is 6.47. The summed E-state index contributed by atoms with van der Waals surface area (Å²) in [6.45, 7) is 0.606. The van der Waals surface area contributed by atoms with E-state index in [1.54, 1.807) is 22.9 Å². The molecule has 0 spiro atoms. The lowest BCUT2D eigenvalue weighted by atomic mass is 10.4. The van der Waals surface area contributed by atoms with Gasteiger partial charge in [-0.3, -0.25) is 4.79 Å². The molecule has 2 rings (SSSR count). The van der Waals surface area contributed by atoms with E-state index in [2.05, 4.69) is 9.72 Å². The molecular weight excluding hydrogens is 308 g/mol. The summed E-state index contributed by atoms with van der Waals surface area (Å²) in [5, 5.41) is 1.65. The van der Waals surface area contributed by atoms with Gasteiger partial charge < -0.3 is 9.64 Å². The van der Waals surface area contributed by atoms with Crippen LogP contribution in [0.5, 0.6) is 0 Å². The highest BCUT2D eigenvalue weighted by atomic mass is 32.2. The summed E-state index contributed by atoms with van der Waals surface area (Å²) in [5.41, 5.74) is 0. The Bertz CT molecular complexity index is 534. The highest BCUT2D eigenvalue weighted by Gasteiger charge is 2.26. The number of ether oxygens (including phenoxy) is 1. The molecule has 0 aromatic carbocycles. The van der Waals surface area contributed by atoms with Crippen LogP contribution in [0.3, 0.4) is 0 Å². The lowest BCUT2D eigenvalue weighted by Crippen LogP contribution is -2.26. The zero-order valence-corrected chi connectivity index (χ0v) is 13.3. The molecule has 1 aromatic heterocycles. The van der Waals surface area contributed by atoms with Crippen molar-refractivity contribution in [3.05, 3.63) is 35.5 Å². The van der Waals surface area contributed by atoms with Crippen molar-refractivity contribution < 1.29 is 14.3 Å². The van der Waals surface area contributed by atoms with Gasteiger partial charge in [-0.15, -0.1) is 11.8 Å². The van der Waals surface area contributed by atoms with Crippen molar-refractivity contribution in [2.75, 3.05) is 25.2 Å². The molecule has 21 heavy (non-hydrogen) atoms. The van der Waals surface area contributed by atoms with Crippen molar-refractivity contribution in [2.24, 2.45) is 0 Å². The van der Waals surface area contributed by atoms with E-state index in [-0.39, 0.29) is 5.91 Å². The molecule has 0 N–H and O–H groups in total. The molecule has 5 nitrogen and oxygen atoms in total. The summed E-state index contributed by atoms with van der Waals surface area (Å²) < 4.78 is 4.60. The van der Waals surface area contributed by atoms with Crippen molar-refractivity contribution in [1.82, 2.24) is 9.88 Å². The third-order valence-corrected chi connectivity index (χ3v) is 4.82.